The van der Waals surface area contributed by atoms with Gasteiger partial charge in [-0.05, 0) is 83.4 Å². The van der Waals surface area contributed by atoms with Crippen molar-refractivity contribution < 1.29 is 59.9 Å². The quantitative estimate of drug-likeness (QED) is 0.0637. The maximum absolute atomic E-state index is 15.0. The third kappa shape index (κ3) is 6.20. The highest BCUT2D eigenvalue weighted by atomic mass is 16.7. The summed E-state index contributed by atoms with van der Waals surface area (Å²) in [6, 6.07) is 11.7. The van der Waals surface area contributed by atoms with Crippen LogP contribution in [0.1, 0.15) is 102 Å². The van der Waals surface area contributed by atoms with Gasteiger partial charge in [-0.2, -0.15) is 0 Å². The summed E-state index contributed by atoms with van der Waals surface area (Å²) < 4.78 is 12.4. The van der Waals surface area contributed by atoms with Crippen LogP contribution >= 0.6 is 0 Å². The lowest BCUT2D eigenvalue weighted by Crippen LogP contribution is -2.62. The predicted molar refractivity (Wildman–Crippen MR) is 208 cm³/mol. The Balaban J connectivity index is 1.43. The minimum Gasteiger partial charge on any atom is -0.508 e. The first-order valence-corrected chi connectivity index (χ1v) is 18.5. The molecule has 4 aromatic carbocycles. The molecular formula is C45H44O12. The Morgan fingerprint density at radius 2 is 1.47 bits per heavy atom. The van der Waals surface area contributed by atoms with E-state index < -0.39 is 63.5 Å². The van der Waals surface area contributed by atoms with Gasteiger partial charge in [-0.15, -0.1) is 0 Å². The van der Waals surface area contributed by atoms with E-state index in [0.717, 1.165) is 23.3 Å². The molecule has 0 spiro atoms. The second-order valence-electron chi connectivity index (χ2n) is 15.6. The Morgan fingerprint density at radius 1 is 0.789 bits per heavy atom. The van der Waals surface area contributed by atoms with Crippen LogP contribution in [0.4, 0.5) is 0 Å². The Bertz CT molecular complexity index is 2450. The lowest BCUT2D eigenvalue weighted by atomic mass is 9.65. The van der Waals surface area contributed by atoms with Crippen LogP contribution in [-0.4, -0.2) is 58.2 Å². The van der Waals surface area contributed by atoms with E-state index in [1.807, 2.05) is 27.7 Å². The summed E-state index contributed by atoms with van der Waals surface area (Å²) in [5.74, 6) is -11.1. The minimum absolute atomic E-state index is 0.0320. The molecule has 7 rings (SSSR count). The fraction of sp³-hybridized carbons (Fsp3) is 0.289. The number of rotatable bonds is 8. The zero-order valence-corrected chi connectivity index (χ0v) is 32.0. The number of phenolic OH excluding ortho intramolecular Hbond substituents is 7. The van der Waals surface area contributed by atoms with Gasteiger partial charge < -0.3 is 50.3 Å². The van der Waals surface area contributed by atoms with Gasteiger partial charge >= 0.3 is 5.79 Å². The highest BCUT2D eigenvalue weighted by Gasteiger charge is 2.70. The molecule has 0 radical (unpaired) electrons. The average Bonchev–Trinajstić information content (AvgIpc) is 3.37. The Hall–Kier alpha value is -6.40. The number of ether oxygens (including phenoxy) is 2. The number of Topliss-reactive ketones (excluding diaryl/α,β-unsaturated/α-hetero) is 2. The summed E-state index contributed by atoms with van der Waals surface area (Å²) in [5.41, 5.74) is 0.120. The fourth-order valence-electron chi connectivity index (χ4n) is 8.45. The molecular weight excluding hydrogens is 732 g/mol. The van der Waals surface area contributed by atoms with Crippen LogP contribution in [0, 0.1) is 5.92 Å². The topological polar surface area (TPSA) is 214 Å². The summed E-state index contributed by atoms with van der Waals surface area (Å²) in [6.07, 6.45) is 5.37. The van der Waals surface area contributed by atoms with Gasteiger partial charge in [0.1, 0.15) is 57.3 Å². The molecule has 1 aliphatic carbocycles. The number of ketones is 2. The van der Waals surface area contributed by atoms with Gasteiger partial charge in [0.25, 0.3) is 0 Å². The number of hydrogen-bond donors (Lipinski definition) is 8. The van der Waals surface area contributed by atoms with E-state index in [-0.39, 0.29) is 81.6 Å². The van der Waals surface area contributed by atoms with E-state index in [1.165, 1.54) is 42.5 Å². The molecule has 12 nitrogen and oxygen atoms in total. The zero-order valence-electron chi connectivity index (χ0n) is 32.0. The van der Waals surface area contributed by atoms with Gasteiger partial charge in [-0.3, -0.25) is 9.59 Å². The molecule has 5 atom stereocenters. The lowest BCUT2D eigenvalue weighted by molar-refractivity contribution is -0.201. The van der Waals surface area contributed by atoms with Gasteiger partial charge in [0.2, 0.25) is 11.4 Å². The predicted octanol–water partition coefficient (Wildman–Crippen LogP) is 7.76. The van der Waals surface area contributed by atoms with Crippen molar-refractivity contribution in [1.82, 2.24) is 0 Å². The highest BCUT2D eigenvalue weighted by Crippen LogP contribution is 2.61. The number of fused-ring (bicyclic) bond motifs is 4. The Morgan fingerprint density at radius 3 is 2.16 bits per heavy atom. The molecule has 0 saturated carbocycles. The van der Waals surface area contributed by atoms with Crippen molar-refractivity contribution in [3.8, 4) is 51.7 Å². The molecule has 2 heterocycles. The summed E-state index contributed by atoms with van der Waals surface area (Å²) >= 11 is 0. The van der Waals surface area contributed by atoms with Crippen molar-refractivity contribution in [1.29, 1.82) is 0 Å². The molecule has 296 valence electrons. The smallest absolute Gasteiger partial charge is 0.318 e. The normalized spacial score (nSPS) is 23.2. The summed E-state index contributed by atoms with van der Waals surface area (Å²) in [4.78, 5) is 29.7. The van der Waals surface area contributed by atoms with Crippen molar-refractivity contribution in [3.63, 3.8) is 0 Å². The summed E-state index contributed by atoms with van der Waals surface area (Å²) in [5, 5.41) is 90.1. The maximum Gasteiger partial charge on any atom is 0.318 e. The standard InChI is InChI=1S/C45H44O12/c1-21(2)6-9-27-32(48)13-11-28(40(27)51)41(52)37-29(26-10-7-24(46)18-33(26)49)16-23(5)17-30(37)38-34(50)20-36-39(42(38)53)43(54)45(55)44(56-36,15-14-22(3)4)31-12-8-25(47)19-35(31)57-45/h6-8,10-14,17-20,29-30,37,46-51,53,55H,9,15-16H2,1-5H3. The first kappa shape index (κ1) is 38.9. The molecule has 0 amide bonds. The van der Waals surface area contributed by atoms with E-state index >= 15 is 4.79 Å². The number of aromatic hydroxyl groups is 7. The Labute approximate surface area is 328 Å². The molecule has 8 N–H and O–H groups in total. The van der Waals surface area contributed by atoms with Crippen molar-refractivity contribution in [2.45, 2.75) is 77.1 Å². The van der Waals surface area contributed by atoms with Gasteiger partial charge in [0.15, 0.2) is 5.78 Å². The van der Waals surface area contributed by atoms with E-state index in [0.29, 0.717) is 5.57 Å². The van der Waals surface area contributed by atoms with Gasteiger partial charge in [0.05, 0.1) is 5.56 Å². The number of allylic oxidation sites excluding steroid dienone is 5. The fourth-order valence-corrected chi connectivity index (χ4v) is 8.45. The first-order chi connectivity index (χ1) is 26.9. The van der Waals surface area contributed by atoms with Crippen LogP contribution in [0.2, 0.25) is 0 Å². The van der Waals surface area contributed by atoms with E-state index in [9.17, 15) is 45.6 Å². The maximum atomic E-state index is 15.0. The van der Waals surface area contributed by atoms with E-state index in [4.69, 9.17) is 9.47 Å². The van der Waals surface area contributed by atoms with Crippen LogP contribution in [0.5, 0.6) is 51.7 Å². The molecule has 2 aliphatic heterocycles. The first-order valence-electron chi connectivity index (χ1n) is 18.5. The average molecular weight is 777 g/mol. The molecule has 0 fully saturated rings. The number of benzene rings is 4. The minimum atomic E-state index is -2.76. The van der Waals surface area contributed by atoms with Crippen LogP contribution in [0.3, 0.4) is 0 Å². The van der Waals surface area contributed by atoms with Gasteiger partial charge in [0, 0.05) is 59.1 Å². The van der Waals surface area contributed by atoms with Crippen LogP contribution in [0.25, 0.3) is 0 Å². The monoisotopic (exact) mass is 776 g/mol. The Kier molecular flexibility index (Phi) is 9.52. The molecule has 0 bridgehead atoms. The molecule has 12 heteroatoms. The largest absolute Gasteiger partial charge is 0.508 e. The number of carbonyl (C=O) groups is 2. The number of aliphatic hydroxyl groups is 1. The number of hydrogen-bond acceptors (Lipinski definition) is 12. The summed E-state index contributed by atoms with van der Waals surface area (Å²) in [7, 11) is 0. The lowest BCUT2D eigenvalue weighted by Gasteiger charge is -2.43. The summed E-state index contributed by atoms with van der Waals surface area (Å²) in [6.45, 7) is 9.08. The van der Waals surface area contributed by atoms with Crippen LogP contribution < -0.4 is 9.47 Å². The van der Waals surface area contributed by atoms with Crippen molar-refractivity contribution >= 4 is 11.6 Å². The van der Waals surface area contributed by atoms with E-state index in [2.05, 4.69) is 0 Å². The molecule has 0 aromatic heterocycles. The molecule has 4 aromatic rings. The second kappa shape index (κ2) is 14.0. The highest BCUT2D eigenvalue weighted by molar-refractivity contribution is 6.09. The third-order valence-electron chi connectivity index (χ3n) is 11.2. The molecule has 3 aliphatic rings. The SMILES string of the molecule is CC(C)=CCc1c(O)ccc(C(=O)C2C(c3c(O)cc4c(c3O)C(=O)C3(O)Oc5cc(O)ccc5C3(CC=C(C)C)O4)C=C(C)CC2c2ccc(O)cc2O)c1O. The number of carbonyl (C=O) groups excluding carboxylic acids is 2. The van der Waals surface area contributed by atoms with Crippen molar-refractivity contribution in [2.24, 2.45) is 5.92 Å². The van der Waals surface area contributed by atoms with Gasteiger partial charge in [-0.25, -0.2) is 0 Å². The molecule has 0 saturated heterocycles. The van der Waals surface area contributed by atoms with E-state index in [1.54, 1.807) is 25.2 Å². The third-order valence-corrected chi connectivity index (χ3v) is 11.2. The molecule has 5 unspecified atom stereocenters. The second-order valence-corrected chi connectivity index (χ2v) is 15.6. The van der Waals surface area contributed by atoms with Gasteiger partial charge in [-0.1, -0.05) is 41.0 Å². The molecule has 57 heavy (non-hydrogen) atoms. The van der Waals surface area contributed by atoms with Crippen LogP contribution in [0.15, 0.2) is 89.5 Å². The van der Waals surface area contributed by atoms with Crippen LogP contribution in [-0.2, 0) is 12.0 Å². The number of phenols is 7. The zero-order chi connectivity index (χ0) is 41.3. The van der Waals surface area contributed by atoms with Crippen molar-refractivity contribution in [2.75, 3.05) is 0 Å². The van der Waals surface area contributed by atoms with Crippen molar-refractivity contribution in [3.05, 3.63) is 123 Å².